The molecular weight excluding hydrogens is 445 g/mol. The summed E-state index contributed by atoms with van der Waals surface area (Å²) in [7, 11) is 1.26. The Morgan fingerprint density at radius 2 is 2.17 bits per heavy atom. The number of hydrogen-bond acceptors (Lipinski definition) is 9. The Bertz CT molecular complexity index is 892. The zero-order chi connectivity index (χ0) is 21.3. The second kappa shape index (κ2) is 9.71. The molecule has 2 aliphatic heterocycles. The number of thiophene rings is 1. The van der Waals surface area contributed by atoms with Gasteiger partial charge in [0.25, 0.3) is 11.6 Å². The van der Waals surface area contributed by atoms with E-state index in [1.807, 2.05) is 5.38 Å². The molecule has 156 valence electrons. The van der Waals surface area contributed by atoms with Crippen molar-refractivity contribution in [3.63, 3.8) is 0 Å². The summed E-state index contributed by atoms with van der Waals surface area (Å²) in [5, 5.41) is 15.4. The van der Waals surface area contributed by atoms with Crippen LogP contribution in [0, 0.1) is 0 Å². The molecule has 3 atom stereocenters. The molecule has 0 spiro atoms. The molecule has 13 heteroatoms. The molecule has 3 heterocycles. The van der Waals surface area contributed by atoms with Crippen LogP contribution in [0.2, 0.25) is 0 Å². The van der Waals surface area contributed by atoms with Gasteiger partial charge in [0, 0.05) is 23.3 Å². The van der Waals surface area contributed by atoms with Crippen LogP contribution in [0.1, 0.15) is 11.8 Å². The van der Waals surface area contributed by atoms with Gasteiger partial charge in [0.2, 0.25) is 5.91 Å². The minimum absolute atomic E-state index is 0. The maximum Gasteiger partial charge on any atom is 1.00 e. The number of carboxylic acids is 1. The van der Waals surface area contributed by atoms with Gasteiger partial charge in [-0.3, -0.25) is 14.5 Å². The number of thioether (sulfide) groups is 1. The van der Waals surface area contributed by atoms with Crippen molar-refractivity contribution in [2.45, 2.75) is 30.5 Å². The van der Waals surface area contributed by atoms with Gasteiger partial charge in [0.05, 0.1) is 18.1 Å². The van der Waals surface area contributed by atoms with E-state index in [9.17, 15) is 24.3 Å². The third-order valence-electron chi connectivity index (χ3n) is 4.60. The van der Waals surface area contributed by atoms with Crippen LogP contribution in [-0.4, -0.2) is 58.8 Å². The third-order valence-corrected chi connectivity index (χ3v) is 6.81. The van der Waals surface area contributed by atoms with Crippen LogP contribution >= 0.6 is 23.1 Å². The standard InChI is InChI=1S/C17H19N3O7S2.Na/c1-8(27-16(18)25)10-7-29-15-17(26-2,14(24)20(15)12(10)13(22)23)19-11(21)6-9-4-3-5-28-9;/h3-5,8,15H,6-7H2,1-2H3,(H2,18,25)(H,19,21)(H,22,23);/q;+1/p-1/t8?,15-,17+;/m1./s1. The van der Waals surface area contributed by atoms with Gasteiger partial charge in [0.1, 0.15) is 11.5 Å². The van der Waals surface area contributed by atoms with Crippen molar-refractivity contribution in [1.29, 1.82) is 0 Å². The number of carboxylic acid groups (broad SMARTS) is 1. The summed E-state index contributed by atoms with van der Waals surface area (Å²) in [4.78, 5) is 49.9. The van der Waals surface area contributed by atoms with E-state index in [1.54, 1.807) is 12.1 Å². The summed E-state index contributed by atoms with van der Waals surface area (Å²) < 4.78 is 10.2. The monoisotopic (exact) mass is 463 g/mol. The van der Waals surface area contributed by atoms with Gasteiger partial charge in [-0.25, -0.2) is 4.79 Å². The van der Waals surface area contributed by atoms with Crippen molar-refractivity contribution in [3.8, 4) is 0 Å². The number of carbonyl (C=O) groups is 4. The van der Waals surface area contributed by atoms with Crippen molar-refractivity contribution in [1.82, 2.24) is 10.2 Å². The van der Waals surface area contributed by atoms with Crippen molar-refractivity contribution in [3.05, 3.63) is 33.7 Å². The molecule has 1 saturated heterocycles. The molecule has 0 aromatic carbocycles. The zero-order valence-electron chi connectivity index (χ0n) is 16.5. The Hall–Kier alpha value is -1.57. The Morgan fingerprint density at radius 3 is 2.70 bits per heavy atom. The molecule has 3 N–H and O–H groups in total. The zero-order valence-corrected chi connectivity index (χ0v) is 20.1. The van der Waals surface area contributed by atoms with Gasteiger partial charge in [-0.05, 0) is 18.4 Å². The van der Waals surface area contributed by atoms with Gasteiger partial charge >= 0.3 is 35.7 Å². The number of methoxy groups -OCH3 is 1. The van der Waals surface area contributed by atoms with Crippen LogP contribution in [0.15, 0.2) is 28.8 Å². The fourth-order valence-electron chi connectivity index (χ4n) is 3.27. The smallest absolute Gasteiger partial charge is 0.543 e. The first kappa shape index (κ1) is 24.7. The van der Waals surface area contributed by atoms with E-state index in [2.05, 4.69) is 5.32 Å². The molecule has 3 rings (SSSR count). The topological polar surface area (TPSA) is 151 Å². The molecule has 3 amide bonds. The number of nitrogens with two attached hydrogens (primary N) is 1. The van der Waals surface area contributed by atoms with Crippen LogP contribution in [0.5, 0.6) is 0 Å². The van der Waals surface area contributed by atoms with Crippen LogP contribution in [0.4, 0.5) is 4.79 Å². The van der Waals surface area contributed by atoms with Crippen molar-refractivity contribution < 1.29 is 63.3 Å². The normalized spacial score (nSPS) is 23.6. The number of ether oxygens (including phenoxy) is 2. The average Bonchev–Trinajstić information content (AvgIpc) is 3.16. The number of rotatable bonds is 7. The summed E-state index contributed by atoms with van der Waals surface area (Å²) >= 11 is 2.57. The second-order valence-electron chi connectivity index (χ2n) is 6.32. The first-order valence-corrected chi connectivity index (χ1v) is 10.4. The van der Waals surface area contributed by atoms with Gasteiger partial charge < -0.3 is 30.4 Å². The van der Waals surface area contributed by atoms with Crippen molar-refractivity contribution in [2.75, 3.05) is 12.9 Å². The summed E-state index contributed by atoms with van der Waals surface area (Å²) in [6, 6.07) is 3.59. The first-order valence-electron chi connectivity index (χ1n) is 8.45. The Morgan fingerprint density at radius 1 is 1.47 bits per heavy atom. The number of fused-ring (bicyclic) bond motifs is 1. The van der Waals surface area contributed by atoms with Crippen molar-refractivity contribution >= 4 is 47.0 Å². The second-order valence-corrected chi connectivity index (χ2v) is 8.42. The molecule has 1 unspecified atom stereocenters. The van der Waals surface area contributed by atoms with Crippen LogP contribution in [0.3, 0.4) is 0 Å². The molecule has 0 bridgehead atoms. The predicted molar refractivity (Wildman–Crippen MR) is 101 cm³/mol. The molecule has 2 aliphatic rings. The van der Waals surface area contributed by atoms with Crippen LogP contribution < -0.4 is 45.7 Å². The number of aliphatic carboxylic acids is 1. The van der Waals surface area contributed by atoms with E-state index in [0.717, 1.165) is 9.78 Å². The number of hydrogen-bond donors (Lipinski definition) is 2. The van der Waals surface area contributed by atoms with Gasteiger partial charge in [-0.15, -0.1) is 23.1 Å². The average molecular weight is 463 g/mol. The van der Waals surface area contributed by atoms with Crippen molar-refractivity contribution in [2.24, 2.45) is 5.73 Å². The molecule has 0 radical (unpaired) electrons. The summed E-state index contributed by atoms with van der Waals surface area (Å²) in [6.45, 7) is 1.44. The molecule has 30 heavy (non-hydrogen) atoms. The quantitative estimate of drug-likeness (QED) is 0.237. The SMILES string of the molecule is CO[C@@]1(NC(=O)Cc2cccs2)C(=O)N2C(C(=O)[O-])=C(C(C)OC(N)=O)CS[C@@H]21.[Na+]. The Labute approximate surface area is 202 Å². The number of primary amides is 1. The van der Waals surface area contributed by atoms with E-state index in [1.165, 1.54) is 37.1 Å². The number of carbonyl (C=O) groups excluding carboxylic acids is 4. The fourth-order valence-corrected chi connectivity index (χ4v) is 5.52. The molecule has 1 aromatic heterocycles. The van der Waals surface area contributed by atoms with Gasteiger partial charge in [-0.2, -0.15) is 0 Å². The maximum absolute atomic E-state index is 12.9. The van der Waals surface area contributed by atoms with E-state index in [0.29, 0.717) is 0 Å². The maximum atomic E-state index is 12.9. The third kappa shape index (κ3) is 4.39. The largest absolute Gasteiger partial charge is 1.00 e. The van der Waals surface area contributed by atoms with E-state index >= 15 is 0 Å². The first-order chi connectivity index (χ1) is 13.7. The number of nitrogens with one attached hydrogen (secondary N) is 1. The minimum Gasteiger partial charge on any atom is -0.543 e. The molecule has 10 nitrogen and oxygen atoms in total. The molecule has 1 fully saturated rings. The molecule has 1 aromatic rings. The number of β-lactam (4-membered cyclic amide) rings is 1. The predicted octanol–water partition coefficient (Wildman–Crippen LogP) is -3.84. The van der Waals surface area contributed by atoms with Crippen LogP contribution in [-0.2, 0) is 30.3 Å². The van der Waals surface area contributed by atoms with Crippen LogP contribution in [0.25, 0.3) is 0 Å². The Balaban J connectivity index is 0.00000320. The van der Waals surface area contributed by atoms with E-state index in [4.69, 9.17) is 15.2 Å². The molecular formula is C17H18N3NaO7S2. The summed E-state index contributed by atoms with van der Waals surface area (Å²) in [6.07, 6.45) is -1.98. The number of amides is 3. The summed E-state index contributed by atoms with van der Waals surface area (Å²) in [5.41, 5.74) is 3.07. The molecule has 0 saturated carbocycles. The van der Waals surface area contributed by atoms with Gasteiger partial charge in [-0.1, -0.05) is 6.07 Å². The van der Waals surface area contributed by atoms with Gasteiger partial charge in [0.15, 0.2) is 0 Å². The fraction of sp³-hybridized carbons (Fsp3) is 0.412. The minimum atomic E-state index is -1.70. The van der Waals surface area contributed by atoms with E-state index < -0.39 is 46.8 Å². The number of nitrogens with zero attached hydrogens (tertiary/aromatic N) is 1. The molecule has 0 aliphatic carbocycles. The summed E-state index contributed by atoms with van der Waals surface area (Å²) in [5.74, 6) is -2.68. The van der Waals surface area contributed by atoms with E-state index in [-0.39, 0.29) is 47.3 Å². The Kier molecular flexibility index (Phi) is 7.99.